The van der Waals surface area contributed by atoms with E-state index in [2.05, 4.69) is 0 Å². The summed E-state index contributed by atoms with van der Waals surface area (Å²) in [6.45, 7) is 0. The highest BCUT2D eigenvalue weighted by Crippen LogP contribution is 2.36. The van der Waals surface area contributed by atoms with Crippen LogP contribution >= 0.6 is 0 Å². The molecule has 5 heteroatoms. The number of rotatable bonds is 2. The number of hydrogen-bond donors (Lipinski definition) is 1. The Kier molecular flexibility index (Phi) is 4.68. The van der Waals surface area contributed by atoms with Gasteiger partial charge in [-0.15, -0.1) is 0 Å². The molecule has 0 bridgehead atoms. The summed E-state index contributed by atoms with van der Waals surface area (Å²) in [5.41, 5.74) is 5.20. The zero-order chi connectivity index (χ0) is 14.8. The van der Waals surface area contributed by atoms with Gasteiger partial charge in [0.1, 0.15) is 5.82 Å². The standard InChI is InChI=1S/C15H19F4N/c16-13-8-7-11(15(17,18)19)9-12(13)14(20)10-5-3-1-2-4-6-10/h7-10,14H,1-6,20H2. The highest BCUT2D eigenvalue weighted by molar-refractivity contribution is 5.29. The molecular weight excluding hydrogens is 270 g/mol. The van der Waals surface area contributed by atoms with Crippen molar-refractivity contribution in [1.82, 2.24) is 0 Å². The van der Waals surface area contributed by atoms with E-state index in [4.69, 9.17) is 5.73 Å². The topological polar surface area (TPSA) is 26.0 Å². The van der Waals surface area contributed by atoms with Crippen molar-refractivity contribution in [1.29, 1.82) is 0 Å². The van der Waals surface area contributed by atoms with E-state index < -0.39 is 23.6 Å². The van der Waals surface area contributed by atoms with Crippen LogP contribution in [-0.2, 0) is 6.18 Å². The van der Waals surface area contributed by atoms with Gasteiger partial charge in [0, 0.05) is 11.6 Å². The van der Waals surface area contributed by atoms with Crippen molar-refractivity contribution < 1.29 is 17.6 Å². The molecule has 1 fully saturated rings. The number of nitrogens with two attached hydrogens (primary N) is 1. The van der Waals surface area contributed by atoms with Crippen LogP contribution in [0.2, 0.25) is 0 Å². The first-order valence-electron chi connectivity index (χ1n) is 7.02. The number of benzene rings is 1. The van der Waals surface area contributed by atoms with E-state index in [0.717, 1.165) is 56.7 Å². The third-order valence-electron chi connectivity index (χ3n) is 4.09. The Morgan fingerprint density at radius 1 is 1.05 bits per heavy atom. The van der Waals surface area contributed by atoms with Crippen LogP contribution in [0.1, 0.15) is 55.7 Å². The van der Waals surface area contributed by atoms with E-state index in [-0.39, 0.29) is 11.5 Å². The third kappa shape index (κ3) is 3.51. The number of halogens is 4. The highest BCUT2D eigenvalue weighted by Gasteiger charge is 2.32. The predicted molar refractivity (Wildman–Crippen MR) is 69.5 cm³/mol. The van der Waals surface area contributed by atoms with Crippen LogP contribution in [0.25, 0.3) is 0 Å². The molecule has 1 atom stereocenters. The number of hydrogen-bond acceptors (Lipinski definition) is 1. The second-order valence-electron chi connectivity index (χ2n) is 5.51. The summed E-state index contributed by atoms with van der Waals surface area (Å²) in [6, 6.07) is 1.84. The van der Waals surface area contributed by atoms with Crippen LogP contribution in [0.15, 0.2) is 18.2 Å². The average molecular weight is 289 g/mol. The van der Waals surface area contributed by atoms with E-state index >= 15 is 0 Å². The van der Waals surface area contributed by atoms with Crippen LogP contribution in [0.3, 0.4) is 0 Å². The lowest BCUT2D eigenvalue weighted by Crippen LogP contribution is -2.23. The van der Waals surface area contributed by atoms with Crippen LogP contribution in [0.4, 0.5) is 17.6 Å². The third-order valence-corrected chi connectivity index (χ3v) is 4.09. The quantitative estimate of drug-likeness (QED) is 0.613. The van der Waals surface area contributed by atoms with Gasteiger partial charge >= 0.3 is 6.18 Å². The maximum atomic E-state index is 13.8. The molecule has 1 saturated carbocycles. The van der Waals surface area contributed by atoms with Gasteiger partial charge in [-0.2, -0.15) is 13.2 Å². The Hall–Kier alpha value is -1.10. The molecule has 2 rings (SSSR count). The summed E-state index contributed by atoms with van der Waals surface area (Å²) in [4.78, 5) is 0. The minimum Gasteiger partial charge on any atom is -0.324 e. The molecule has 20 heavy (non-hydrogen) atoms. The highest BCUT2D eigenvalue weighted by atomic mass is 19.4. The van der Waals surface area contributed by atoms with Gasteiger partial charge in [0.25, 0.3) is 0 Å². The van der Waals surface area contributed by atoms with Gasteiger partial charge in [-0.25, -0.2) is 4.39 Å². The summed E-state index contributed by atoms with van der Waals surface area (Å²) in [5.74, 6) is -0.578. The largest absolute Gasteiger partial charge is 0.416 e. The van der Waals surface area contributed by atoms with Crippen LogP contribution in [0, 0.1) is 11.7 Å². The van der Waals surface area contributed by atoms with Crippen molar-refractivity contribution in [3.8, 4) is 0 Å². The summed E-state index contributed by atoms with van der Waals surface area (Å²) in [6.07, 6.45) is 1.51. The van der Waals surface area contributed by atoms with Crippen molar-refractivity contribution >= 4 is 0 Å². The van der Waals surface area contributed by atoms with Crippen molar-refractivity contribution in [3.63, 3.8) is 0 Å². The molecule has 0 aliphatic heterocycles. The van der Waals surface area contributed by atoms with Crippen molar-refractivity contribution in [2.45, 2.75) is 50.7 Å². The fourth-order valence-electron chi connectivity index (χ4n) is 2.90. The molecule has 0 saturated heterocycles. The molecule has 1 aromatic carbocycles. The molecular formula is C15H19F4N. The molecule has 0 radical (unpaired) electrons. The van der Waals surface area contributed by atoms with Crippen molar-refractivity contribution in [2.75, 3.05) is 0 Å². The van der Waals surface area contributed by atoms with Gasteiger partial charge < -0.3 is 5.73 Å². The Labute approximate surface area is 116 Å². The molecule has 0 spiro atoms. The first-order chi connectivity index (χ1) is 9.39. The lowest BCUT2D eigenvalue weighted by atomic mass is 9.87. The molecule has 1 aliphatic carbocycles. The predicted octanol–water partition coefficient (Wildman–Crippen LogP) is 4.81. The summed E-state index contributed by atoms with van der Waals surface area (Å²) < 4.78 is 51.9. The zero-order valence-electron chi connectivity index (χ0n) is 11.2. The van der Waals surface area contributed by atoms with Gasteiger partial charge in [-0.3, -0.25) is 0 Å². The fraction of sp³-hybridized carbons (Fsp3) is 0.600. The Bertz CT molecular complexity index is 448. The molecule has 1 nitrogen and oxygen atoms in total. The van der Waals surface area contributed by atoms with Crippen LogP contribution in [-0.4, -0.2) is 0 Å². The lowest BCUT2D eigenvalue weighted by molar-refractivity contribution is -0.137. The molecule has 0 aromatic heterocycles. The van der Waals surface area contributed by atoms with Crippen molar-refractivity contribution in [3.05, 3.63) is 35.1 Å². The van der Waals surface area contributed by atoms with E-state index in [0.29, 0.717) is 0 Å². The van der Waals surface area contributed by atoms with Gasteiger partial charge in [-0.1, -0.05) is 25.7 Å². The lowest BCUT2D eigenvalue weighted by Gasteiger charge is -2.24. The molecule has 112 valence electrons. The Morgan fingerprint density at radius 3 is 2.20 bits per heavy atom. The zero-order valence-corrected chi connectivity index (χ0v) is 11.2. The van der Waals surface area contributed by atoms with Crippen molar-refractivity contribution in [2.24, 2.45) is 11.7 Å². The molecule has 0 heterocycles. The summed E-state index contributed by atoms with van der Waals surface area (Å²) >= 11 is 0. The average Bonchev–Trinajstić information content (AvgIpc) is 2.66. The first-order valence-corrected chi connectivity index (χ1v) is 7.02. The van der Waals surface area contributed by atoms with E-state index in [1.807, 2.05) is 0 Å². The SMILES string of the molecule is NC(c1cc(C(F)(F)F)ccc1F)C1CCCCCC1. The van der Waals surface area contributed by atoms with Crippen LogP contribution < -0.4 is 5.73 Å². The Morgan fingerprint density at radius 2 is 1.65 bits per heavy atom. The second kappa shape index (κ2) is 6.12. The molecule has 1 aliphatic rings. The van der Waals surface area contributed by atoms with Crippen LogP contribution in [0.5, 0.6) is 0 Å². The van der Waals surface area contributed by atoms with Gasteiger partial charge in [0.2, 0.25) is 0 Å². The summed E-state index contributed by atoms with van der Waals surface area (Å²) in [5, 5.41) is 0. The normalized spacial score (nSPS) is 19.6. The maximum absolute atomic E-state index is 13.8. The minimum absolute atomic E-state index is 0.00766. The molecule has 0 amide bonds. The van der Waals surface area contributed by atoms with E-state index in [1.54, 1.807) is 0 Å². The van der Waals surface area contributed by atoms with Gasteiger partial charge in [0.15, 0.2) is 0 Å². The fourth-order valence-corrected chi connectivity index (χ4v) is 2.90. The first kappa shape index (κ1) is 15.3. The summed E-state index contributed by atoms with van der Waals surface area (Å²) in [7, 11) is 0. The number of alkyl halides is 3. The second-order valence-corrected chi connectivity index (χ2v) is 5.51. The van der Waals surface area contributed by atoms with Gasteiger partial charge in [0.05, 0.1) is 5.56 Å². The molecule has 1 aromatic rings. The smallest absolute Gasteiger partial charge is 0.324 e. The minimum atomic E-state index is -4.47. The van der Waals surface area contributed by atoms with E-state index in [1.165, 1.54) is 0 Å². The molecule has 1 unspecified atom stereocenters. The monoisotopic (exact) mass is 289 g/mol. The van der Waals surface area contributed by atoms with E-state index in [9.17, 15) is 17.6 Å². The Balaban J connectivity index is 2.25. The molecule has 2 N–H and O–H groups in total. The maximum Gasteiger partial charge on any atom is 0.416 e. The van der Waals surface area contributed by atoms with Gasteiger partial charge in [-0.05, 0) is 37.0 Å².